The second-order valence-corrected chi connectivity index (χ2v) is 7.99. The number of carbonyl (C=O) groups excluding carboxylic acids is 1. The van der Waals surface area contributed by atoms with Crippen LogP contribution in [0.2, 0.25) is 0 Å². The SMILES string of the molecule is O=C(O)CC1SC(=NN=Cc2cccc(OCc3cc(F)ccc3Br)c2)NC1=O. The topological polar surface area (TPSA) is 100 Å². The van der Waals surface area contributed by atoms with Gasteiger partial charge in [-0.25, -0.2) is 4.39 Å². The molecule has 2 aromatic rings. The second kappa shape index (κ2) is 9.66. The minimum atomic E-state index is -1.05. The third kappa shape index (κ3) is 6.13. The lowest BCUT2D eigenvalue weighted by molar-refractivity contribution is -0.138. The molecule has 0 bridgehead atoms. The zero-order chi connectivity index (χ0) is 20.8. The summed E-state index contributed by atoms with van der Waals surface area (Å²) in [6.07, 6.45) is 1.20. The molecule has 1 saturated heterocycles. The van der Waals surface area contributed by atoms with Gasteiger partial charge < -0.3 is 15.2 Å². The van der Waals surface area contributed by atoms with Crippen molar-refractivity contribution in [3.05, 3.63) is 63.9 Å². The van der Waals surface area contributed by atoms with E-state index in [1.807, 2.05) is 0 Å². The number of carbonyl (C=O) groups is 2. The van der Waals surface area contributed by atoms with Gasteiger partial charge in [-0.1, -0.05) is 39.8 Å². The number of hydrogen-bond acceptors (Lipinski definition) is 6. The Balaban J connectivity index is 1.60. The summed E-state index contributed by atoms with van der Waals surface area (Å²) >= 11 is 4.39. The van der Waals surface area contributed by atoms with Gasteiger partial charge in [0.15, 0.2) is 5.17 Å². The van der Waals surface area contributed by atoms with Crippen molar-refractivity contribution < 1.29 is 23.8 Å². The molecule has 1 unspecified atom stereocenters. The Morgan fingerprint density at radius 2 is 2.17 bits per heavy atom. The summed E-state index contributed by atoms with van der Waals surface area (Å²) in [5.41, 5.74) is 1.39. The van der Waals surface area contributed by atoms with Gasteiger partial charge in [-0.05, 0) is 35.9 Å². The summed E-state index contributed by atoms with van der Waals surface area (Å²) in [6, 6.07) is 11.5. The molecule has 1 amide bonds. The van der Waals surface area contributed by atoms with Crippen LogP contribution < -0.4 is 10.1 Å². The molecule has 0 radical (unpaired) electrons. The van der Waals surface area contributed by atoms with Crippen molar-refractivity contribution in [1.29, 1.82) is 0 Å². The molecule has 0 spiro atoms. The maximum atomic E-state index is 13.4. The van der Waals surface area contributed by atoms with E-state index in [0.29, 0.717) is 16.9 Å². The van der Waals surface area contributed by atoms with E-state index >= 15 is 0 Å². The Morgan fingerprint density at radius 1 is 1.34 bits per heavy atom. The van der Waals surface area contributed by atoms with Gasteiger partial charge in [-0.3, -0.25) is 9.59 Å². The molecule has 2 N–H and O–H groups in total. The van der Waals surface area contributed by atoms with Crippen LogP contribution in [0.5, 0.6) is 5.75 Å². The number of thioether (sulfide) groups is 1. The van der Waals surface area contributed by atoms with Crippen molar-refractivity contribution >= 4 is 51.0 Å². The first-order valence-electron chi connectivity index (χ1n) is 8.38. The van der Waals surface area contributed by atoms with Gasteiger partial charge >= 0.3 is 5.97 Å². The van der Waals surface area contributed by atoms with Gasteiger partial charge in [0.25, 0.3) is 0 Å². The smallest absolute Gasteiger partial charge is 0.305 e. The first-order chi connectivity index (χ1) is 13.9. The number of amides is 1. The Bertz CT molecular complexity index is 999. The Labute approximate surface area is 178 Å². The number of benzene rings is 2. The van der Waals surface area contributed by atoms with Crippen LogP contribution in [0.1, 0.15) is 17.5 Å². The third-order valence-electron chi connectivity index (χ3n) is 3.75. The van der Waals surface area contributed by atoms with Crippen LogP contribution in [0.15, 0.2) is 57.1 Å². The van der Waals surface area contributed by atoms with Gasteiger partial charge in [-0.15, -0.1) is 5.10 Å². The summed E-state index contributed by atoms with van der Waals surface area (Å²) in [4.78, 5) is 22.4. The minimum absolute atomic E-state index is 0.189. The van der Waals surface area contributed by atoms with E-state index in [2.05, 4.69) is 31.4 Å². The monoisotopic (exact) mass is 479 g/mol. The lowest BCUT2D eigenvalue weighted by Crippen LogP contribution is -2.26. The van der Waals surface area contributed by atoms with Crippen LogP contribution in [0, 0.1) is 5.82 Å². The Morgan fingerprint density at radius 3 is 2.97 bits per heavy atom. The number of carboxylic acid groups (broad SMARTS) is 1. The van der Waals surface area contributed by atoms with Gasteiger partial charge in [0.2, 0.25) is 5.91 Å². The molecule has 0 aromatic heterocycles. The first-order valence-corrected chi connectivity index (χ1v) is 10.0. The molecule has 1 atom stereocenters. The predicted molar refractivity (Wildman–Crippen MR) is 112 cm³/mol. The normalized spacial score (nSPS) is 17.7. The molecule has 3 rings (SSSR count). The van der Waals surface area contributed by atoms with Crippen LogP contribution in [-0.4, -0.2) is 33.6 Å². The summed E-state index contributed by atoms with van der Waals surface area (Å²) in [5, 5.41) is 18.6. The molecule has 1 fully saturated rings. The van der Waals surface area contributed by atoms with Crippen molar-refractivity contribution in [3.63, 3.8) is 0 Å². The third-order valence-corrected chi connectivity index (χ3v) is 5.60. The molecule has 10 heteroatoms. The maximum absolute atomic E-state index is 13.4. The van der Waals surface area contributed by atoms with Crippen molar-refractivity contribution in [2.45, 2.75) is 18.3 Å². The van der Waals surface area contributed by atoms with E-state index in [1.54, 1.807) is 30.3 Å². The molecule has 29 heavy (non-hydrogen) atoms. The number of rotatable bonds is 7. The number of aliphatic carboxylic acids is 1. The minimum Gasteiger partial charge on any atom is -0.489 e. The molecule has 1 aliphatic heterocycles. The van der Waals surface area contributed by atoms with E-state index < -0.39 is 17.1 Å². The van der Waals surface area contributed by atoms with Crippen molar-refractivity contribution in [3.8, 4) is 5.75 Å². The van der Waals surface area contributed by atoms with Crippen LogP contribution in [0.25, 0.3) is 0 Å². The van der Waals surface area contributed by atoms with Crippen molar-refractivity contribution in [2.75, 3.05) is 0 Å². The highest BCUT2D eigenvalue weighted by Crippen LogP contribution is 2.23. The number of hydrogen-bond donors (Lipinski definition) is 2. The number of ether oxygens (including phenoxy) is 1. The molecule has 1 aliphatic rings. The molecular formula is C19H15BrFN3O4S. The van der Waals surface area contributed by atoms with Crippen molar-refractivity contribution in [2.24, 2.45) is 10.2 Å². The molecule has 0 aliphatic carbocycles. The lowest BCUT2D eigenvalue weighted by Gasteiger charge is -2.08. The number of halogens is 2. The standard InChI is InChI=1S/C19H15BrFN3O4S/c20-15-5-4-13(21)7-12(15)10-28-14-3-1-2-11(6-14)9-22-24-19-23-18(27)16(29-19)8-17(25)26/h1-7,9,16H,8,10H2,(H,25,26)(H,23,24,27). The van der Waals surface area contributed by atoms with E-state index in [-0.39, 0.29) is 24.0 Å². The lowest BCUT2D eigenvalue weighted by atomic mass is 10.2. The molecular weight excluding hydrogens is 465 g/mol. The molecule has 2 aromatic carbocycles. The predicted octanol–water partition coefficient (Wildman–Crippen LogP) is 3.56. The molecule has 0 saturated carbocycles. The zero-order valence-corrected chi connectivity index (χ0v) is 17.2. The zero-order valence-electron chi connectivity index (χ0n) is 14.8. The fourth-order valence-corrected chi connectivity index (χ4v) is 3.67. The van der Waals surface area contributed by atoms with E-state index in [9.17, 15) is 14.0 Å². The quantitative estimate of drug-likeness (QED) is 0.467. The number of carboxylic acids is 1. The molecule has 1 heterocycles. The van der Waals surface area contributed by atoms with Gasteiger partial charge in [-0.2, -0.15) is 5.10 Å². The van der Waals surface area contributed by atoms with E-state index in [1.165, 1.54) is 18.3 Å². The van der Waals surface area contributed by atoms with Crippen LogP contribution >= 0.6 is 27.7 Å². The highest BCUT2D eigenvalue weighted by molar-refractivity contribution is 9.10. The number of amidine groups is 1. The highest BCUT2D eigenvalue weighted by Gasteiger charge is 2.32. The van der Waals surface area contributed by atoms with Gasteiger partial charge in [0.1, 0.15) is 23.4 Å². The largest absolute Gasteiger partial charge is 0.489 e. The van der Waals surface area contributed by atoms with Gasteiger partial charge in [0, 0.05) is 10.0 Å². The summed E-state index contributed by atoms with van der Waals surface area (Å²) in [5.74, 6) is -1.22. The van der Waals surface area contributed by atoms with Crippen LogP contribution in [-0.2, 0) is 16.2 Å². The Kier molecular flexibility index (Phi) is 6.99. The second-order valence-electron chi connectivity index (χ2n) is 5.94. The molecule has 7 nitrogen and oxygen atoms in total. The summed E-state index contributed by atoms with van der Waals surface area (Å²) in [7, 11) is 0. The van der Waals surface area contributed by atoms with E-state index in [0.717, 1.165) is 16.2 Å². The van der Waals surface area contributed by atoms with E-state index in [4.69, 9.17) is 9.84 Å². The first kappa shape index (κ1) is 21.0. The summed E-state index contributed by atoms with van der Waals surface area (Å²) in [6.45, 7) is 0.189. The number of nitrogens with zero attached hydrogens (tertiary/aromatic N) is 2. The van der Waals surface area contributed by atoms with Gasteiger partial charge in [0.05, 0.1) is 12.6 Å². The Hall–Kier alpha value is -2.72. The average Bonchev–Trinajstić information content (AvgIpc) is 3.01. The van der Waals surface area contributed by atoms with Crippen LogP contribution in [0.3, 0.4) is 0 Å². The fourth-order valence-electron chi connectivity index (χ4n) is 2.39. The maximum Gasteiger partial charge on any atom is 0.305 e. The molecule has 150 valence electrons. The number of nitrogens with one attached hydrogen (secondary N) is 1. The van der Waals surface area contributed by atoms with Crippen LogP contribution in [0.4, 0.5) is 4.39 Å². The highest BCUT2D eigenvalue weighted by atomic mass is 79.9. The van der Waals surface area contributed by atoms with Crippen molar-refractivity contribution in [1.82, 2.24) is 5.32 Å². The fraction of sp³-hybridized carbons (Fsp3) is 0.158. The average molecular weight is 480 g/mol. The summed E-state index contributed by atoms with van der Waals surface area (Å²) < 4.78 is 19.8.